The highest BCUT2D eigenvalue weighted by atomic mass is 16.6. The van der Waals surface area contributed by atoms with Gasteiger partial charge in [0.15, 0.2) is 6.23 Å². The van der Waals surface area contributed by atoms with Crippen LogP contribution in [0.15, 0.2) is 30.3 Å². The lowest BCUT2D eigenvalue weighted by atomic mass is 9.95. The van der Waals surface area contributed by atoms with Gasteiger partial charge in [-0.3, -0.25) is 4.79 Å². The van der Waals surface area contributed by atoms with Crippen LogP contribution >= 0.6 is 0 Å². The van der Waals surface area contributed by atoms with Crippen LogP contribution in [0.25, 0.3) is 0 Å². The molecule has 2 amide bonds. The number of carbonyl (C=O) groups is 2. The summed E-state index contributed by atoms with van der Waals surface area (Å²) >= 11 is 0. The first-order valence-electron chi connectivity index (χ1n) is 24.8. The molecule has 1 aliphatic heterocycles. The molecule has 0 aromatic heterocycles. The minimum atomic E-state index is -1.47. The van der Waals surface area contributed by atoms with Gasteiger partial charge < -0.3 is 35.0 Å². The van der Waals surface area contributed by atoms with Crippen molar-refractivity contribution < 1.29 is 34.4 Å². The summed E-state index contributed by atoms with van der Waals surface area (Å²) in [6.45, 7) is 4.44. The molecule has 1 saturated heterocycles. The number of unbranched alkanes of at least 4 members (excludes halogenated alkanes) is 29. The van der Waals surface area contributed by atoms with E-state index in [2.05, 4.69) is 19.2 Å². The third-order valence-electron chi connectivity index (χ3n) is 12.3. The molecule has 0 radical (unpaired) electrons. The molecule has 5 atom stereocenters. The Morgan fingerprint density at radius 2 is 1.00 bits per heavy atom. The van der Waals surface area contributed by atoms with E-state index in [9.17, 15) is 24.9 Å². The third-order valence-corrected chi connectivity index (χ3v) is 12.3. The zero-order valence-corrected chi connectivity index (χ0v) is 37.9. The zero-order chi connectivity index (χ0) is 42.6. The van der Waals surface area contributed by atoms with Crippen molar-refractivity contribution in [1.29, 1.82) is 0 Å². The molecule has 1 aromatic carbocycles. The van der Waals surface area contributed by atoms with E-state index in [1.807, 2.05) is 30.3 Å². The number of aliphatic hydroxyl groups is 3. The molecule has 9 heteroatoms. The number of rotatable bonds is 38. The Balaban J connectivity index is 1.85. The number of nitrogens with zero attached hydrogens (tertiary/aromatic N) is 1. The van der Waals surface area contributed by atoms with E-state index in [0.29, 0.717) is 13.0 Å². The molecule has 0 saturated carbocycles. The van der Waals surface area contributed by atoms with E-state index in [0.717, 1.165) is 44.1 Å². The topological polar surface area (TPSA) is 129 Å². The average molecular weight is 831 g/mol. The fourth-order valence-electron chi connectivity index (χ4n) is 8.44. The Bertz CT molecular complexity index is 1120. The van der Waals surface area contributed by atoms with Gasteiger partial charge in [-0.25, -0.2) is 4.79 Å². The van der Waals surface area contributed by atoms with E-state index in [1.54, 1.807) is 4.90 Å². The maximum atomic E-state index is 14.0. The highest BCUT2D eigenvalue weighted by molar-refractivity contribution is 5.76. The summed E-state index contributed by atoms with van der Waals surface area (Å²) in [6.07, 6.45) is 33.2. The minimum absolute atomic E-state index is 0.0316. The van der Waals surface area contributed by atoms with Gasteiger partial charge in [0.1, 0.15) is 31.0 Å². The van der Waals surface area contributed by atoms with Crippen LogP contribution in [0.5, 0.6) is 0 Å². The molecule has 4 N–H and O–H groups in total. The van der Waals surface area contributed by atoms with Crippen LogP contribution in [0.4, 0.5) is 4.79 Å². The molecule has 1 fully saturated rings. The quantitative estimate of drug-likeness (QED) is 0.0489. The molecular weight excluding hydrogens is 741 g/mol. The summed E-state index contributed by atoms with van der Waals surface area (Å²) in [5, 5.41) is 34.8. The van der Waals surface area contributed by atoms with Gasteiger partial charge in [0.2, 0.25) is 5.91 Å². The van der Waals surface area contributed by atoms with Crippen molar-refractivity contribution in [1.82, 2.24) is 10.2 Å². The van der Waals surface area contributed by atoms with Crippen LogP contribution < -0.4 is 5.32 Å². The number of hydrogen-bond donors (Lipinski definition) is 4. The Morgan fingerprint density at radius 3 is 1.42 bits per heavy atom. The Labute approximate surface area is 361 Å². The molecule has 0 aliphatic carbocycles. The SMILES string of the molecule is CCCCCCCCCCCCCCCCCCN(C(=O)CCCCCCCCCCCCCCCCC)[C@@H]1O[C@H](CO)[C@H](O)[C@H](O)[C@H]1NC(=O)OCc1ccccc1. The van der Waals surface area contributed by atoms with Crippen molar-refractivity contribution in [3.05, 3.63) is 35.9 Å². The lowest BCUT2D eigenvalue weighted by molar-refractivity contribution is -0.230. The first-order valence-corrected chi connectivity index (χ1v) is 24.8. The van der Waals surface area contributed by atoms with Gasteiger partial charge in [0.25, 0.3) is 0 Å². The molecule has 9 nitrogen and oxygen atoms in total. The van der Waals surface area contributed by atoms with Crippen LogP contribution in [0, 0.1) is 0 Å². The first-order chi connectivity index (χ1) is 28.9. The molecule has 0 unspecified atom stereocenters. The molecule has 59 heavy (non-hydrogen) atoms. The molecule has 0 bridgehead atoms. The number of hydrogen-bond acceptors (Lipinski definition) is 7. The van der Waals surface area contributed by atoms with Crippen LogP contribution in [0.1, 0.15) is 225 Å². The summed E-state index contributed by atoms with van der Waals surface area (Å²) < 4.78 is 11.6. The minimum Gasteiger partial charge on any atom is -0.445 e. The second-order valence-corrected chi connectivity index (χ2v) is 17.6. The summed E-state index contributed by atoms with van der Waals surface area (Å²) in [5.41, 5.74) is 0.809. The predicted molar refractivity (Wildman–Crippen MR) is 242 cm³/mol. The molecule has 1 heterocycles. The molecule has 2 rings (SSSR count). The van der Waals surface area contributed by atoms with Crippen molar-refractivity contribution in [2.75, 3.05) is 13.2 Å². The van der Waals surface area contributed by atoms with Crippen molar-refractivity contribution in [2.24, 2.45) is 0 Å². The lowest BCUT2D eigenvalue weighted by Crippen LogP contribution is -2.68. The Morgan fingerprint density at radius 1 is 0.593 bits per heavy atom. The first kappa shape index (κ1) is 52.9. The highest BCUT2D eigenvalue weighted by Crippen LogP contribution is 2.26. The van der Waals surface area contributed by atoms with E-state index in [-0.39, 0.29) is 12.5 Å². The van der Waals surface area contributed by atoms with E-state index in [4.69, 9.17) is 9.47 Å². The van der Waals surface area contributed by atoms with Gasteiger partial charge in [0, 0.05) is 13.0 Å². The lowest BCUT2D eigenvalue weighted by Gasteiger charge is -2.46. The van der Waals surface area contributed by atoms with Crippen molar-refractivity contribution in [3.8, 4) is 0 Å². The van der Waals surface area contributed by atoms with Crippen LogP contribution in [0.3, 0.4) is 0 Å². The smallest absolute Gasteiger partial charge is 0.407 e. The maximum absolute atomic E-state index is 14.0. The number of nitrogens with one attached hydrogen (secondary N) is 1. The number of amides is 2. The third kappa shape index (κ3) is 25.4. The summed E-state index contributed by atoms with van der Waals surface area (Å²) in [4.78, 5) is 28.7. The standard InChI is InChI=1S/C50H90N2O7/c1-3-5-7-9-11-13-15-17-19-21-23-25-27-29-31-36-40-52(45(54)39-35-30-28-26-24-22-20-18-16-14-12-10-8-6-4-2)49-46(48(56)47(55)44(41-53)59-49)51-50(57)58-42-43-37-33-32-34-38-43/h32-34,37-38,44,46-49,53,55-56H,3-31,35-36,39-42H2,1-2H3,(H,51,57)/t44-,46-,47+,48-,49-/m1/s1. The van der Waals surface area contributed by atoms with E-state index >= 15 is 0 Å². The second kappa shape index (κ2) is 36.5. The van der Waals surface area contributed by atoms with E-state index < -0.39 is 43.3 Å². The molecule has 0 spiro atoms. The fraction of sp³-hybridized carbons (Fsp3) is 0.840. The summed E-state index contributed by atoms with van der Waals surface area (Å²) in [5.74, 6) is -0.101. The van der Waals surface area contributed by atoms with Gasteiger partial charge in [-0.2, -0.15) is 0 Å². The Kier molecular flexibility index (Phi) is 32.7. The number of carbonyl (C=O) groups excluding carboxylic acids is 2. The van der Waals surface area contributed by atoms with Gasteiger partial charge in [0.05, 0.1) is 6.61 Å². The summed E-state index contributed by atoms with van der Waals surface area (Å²) in [7, 11) is 0. The van der Waals surface area contributed by atoms with Crippen LogP contribution in [-0.2, 0) is 20.9 Å². The molecule has 1 aliphatic rings. The zero-order valence-electron chi connectivity index (χ0n) is 37.9. The molecular formula is C50H90N2O7. The molecule has 342 valence electrons. The second-order valence-electron chi connectivity index (χ2n) is 17.6. The van der Waals surface area contributed by atoms with Crippen LogP contribution in [-0.4, -0.2) is 76.0 Å². The predicted octanol–water partition coefficient (Wildman–Crippen LogP) is 12.1. The average Bonchev–Trinajstić information content (AvgIpc) is 3.25. The Hall–Kier alpha value is -2.20. The monoisotopic (exact) mass is 831 g/mol. The maximum Gasteiger partial charge on any atom is 0.407 e. The number of aliphatic hydroxyl groups excluding tert-OH is 3. The summed E-state index contributed by atoms with van der Waals surface area (Å²) in [6, 6.07) is 8.16. The van der Waals surface area contributed by atoms with E-state index in [1.165, 1.54) is 161 Å². The van der Waals surface area contributed by atoms with Gasteiger partial charge in [-0.05, 0) is 18.4 Å². The fourth-order valence-corrected chi connectivity index (χ4v) is 8.44. The van der Waals surface area contributed by atoms with Crippen LogP contribution in [0.2, 0.25) is 0 Å². The number of benzene rings is 1. The number of alkyl carbamates (subject to hydrolysis) is 1. The van der Waals surface area contributed by atoms with Gasteiger partial charge in [-0.1, -0.05) is 230 Å². The van der Waals surface area contributed by atoms with Gasteiger partial charge in [-0.15, -0.1) is 0 Å². The highest BCUT2D eigenvalue weighted by Gasteiger charge is 2.48. The van der Waals surface area contributed by atoms with Crippen molar-refractivity contribution in [3.63, 3.8) is 0 Å². The van der Waals surface area contributed by atoms with Gasteiger partial charge >= 0.3 is 6.09 Å². The normalized spacial score (nSPS) is 19.2. The molecule has 1 aromatic rings. The van der Waals surface area contributed by atoms with Crippen molar-refractivity contribution in [2.45, 2.75) is 257 Å². The largest absolute Gasteiger partial charge is 0.445 e. The number of ether oxygens (including phenoxy) is 2. The van der Waals surface area contributed by atoms with Crippen molar-refractivity contribution >= 4 is 12.0 Å².